The molecular formula is C13H13Cl2N3O. The molecule has 4 nitrogen and oxygen atoms in total. The van der Waals surface area contributed by atoms with Crippen molar-refractivity contribution in [3.05, 3.63) is 51.8 Å². The van der Waals surface area contributed by atoms with E-state index in [1.54, 1.807) is 42.5 Å². The van der Waals surface area contributed by atoms with Gasteiger partial charge in [-0.05, 0) is 17.7 Å². The van der Waals surface area contributed by atoms with E-state index in [4.69, 9.17) is 23.2 Å². The zero-order chi connectivity index (χ0) is 13.8. The Kier molecular flexibility index (Phi) is 4.45. The number of amides is 1. The molecule has 2 aromatic rings. The summed E-state index contributed by atoms with van der Waals surface area (Å²) in [5.74, 6) is -0.00887. The molecule has 1 aromatic heterocycles. The highest BCUT2D eigenvalue weighted by molar-refractivity contribution is 6.35. The van der Waals surface area contributed by atoms with Gasteiger partial charge in [0, 0.05) is 35.4 Å². The van der Waals surface area contributed by atoms with Crippen molar-refractivity contribution in [3.8, 4) is 0 Å². The van der Waals surface area contributed by atoms with Crippen molar-refractivity contribution in [2.75, 3.05) is 7.05 Å². The minimum Gasteiger partial charge on any atom is -0.341 e. The molecule has 0 radical (unpaired) electrons. The van der Waals surface area contributed by atoms with Crippen LogP contribution < -0.4 is 0 Å². The maximum Gasteiger partial charge on any atom is 0.227 e. The van der Waals surface area contributed by atoms with Crippen LogP contribution >= 0.6 is 23.2 Å². The van der Waals surface area contributed by atoms with Crippen molar-refractivity contribution in [2.45, 2.75) is 13.0 Å². The smallest absolute Gasteiger partial charge is 0.227 e. The molecule has 1 heterocycles. The topological polar surface area (TPSA) is 49.0 Å². The van der Waals surface area contributed by atoms with Crippen LogP contribution in [0.25, 0.3) is 0 Å². The number of halogens is 2. The highest BCUT2D eigenvalue weighted by atomic mass is 35.5. The number of carbonyl (C=O) groups excluding carboxylic acids is 1. The molecule has 1 aromatic carbocycles. The number of hydrogen-bond acceptors (Lipinski definition) is 2. The lowest BCUT2D eigenvalue weighted by atomic mass is 10.1. The van der Waals surface area contributed by atoms with E-state index in [1.165, 1.54) is 0 Å². The summed E-state index contributed by atoms with van der Waals surface area (Å²) in [5.41, 5.74) is 1.73. The van der Waals surface area contributed by atoms with Gasteiger partial charge in [-0.2, -0.15) is 5.10 Å². The van der Waals surface area contributed by atoms with E-state index in [0.29, 0.717) is 16.6 Å². The number of nitrogens with zero attached hydrogens (tertiary/aromatic N) is 2. The number of H-pyrrole nitrogens is 1. The summed E-state index contributed by atoms with van der Waals surface area (Å²) in [5, 5.41) is 7.63. The second-order valence-electron chi connectivity index (χ2n) is 4.27. The van der Waals surface area contributed by atoms with Gasteiger partial charge in [-0.3, -0.25) is 9.89 Å². The predicted octanol–water partition coefficient (Wildman–Crippen LogP) is 2.92. The van der Waals surface area contributed by atoms with Gasteiger partial charge in [-0.1, -0.05) is 29.3 Å². The Morgan fingerprint density at radius 1 is 1.42 bits per heavy atom. The van der Waals surface area contributed by atoms with Crippen molar-refractivity contribution < 1.29 is 4.79 Å². The first-order valence-corrected chi connectivity index (χ1v) is 6.47. The molecule has 1 N–H and O–H groups in total. The molecule has 2 rings (SSSR count). The number of carbonyl (C=O) groups is 1. The van der Waals surface area contributed by atoms with Crippen LogP contribution in [0, 0.1) is 0 Å². The average molecular weight is 298 g/mol. The highest BCUT2D eigenvalue weighted by Crippen LogP contribution is 2.21. The van der Waals surface area contributed by atoms with E-state index in [9.17, 15) is 4.79 Å². The van der Waals surface area contributed by atoms with E-state index in [0.717, 1.165) is 11.1 Å². The second-order valence-corrected chi connectivity index (χ2v) is 5.11. The molecule has 0 spiro atoms. The Morgan fingerprint density at radius 3 is 2.84 bits per heavy atom. The molecule has 0 aliphatic rings. The van der Waals surface area contributed by atoms with Crippen LogP contribution in [-0.4, -0.2) is 28.1 Å². The van der Waals surface area contributed by atoms with Gasteiger partial charge in [0.25, 0.3) is 0 Å². The average Bonchev–Trinajstić information content (AvgIpc) is 2.85. The molecule has 19 heavy (non-hydrogen) atoms. The molecule has 0 saturated carbocycles. The Labute approximate surface area is 121 Å². The third-order valence-corrected chi connectivity index (χ3v) is 3.34. The van der Waals surface area contributed by atoms with Crippen molar-refractivity contribution in [2.24, 2.45) is 0 Å². The fraction of sp³-hybridized carbons (Fsp3) is 0.231. The zero-order valence-electron chi connectivity index (χ0n) is 10.4. The lowest BCUT2D eigenvalue weighted by molar-refractivity contribution is -0.129. The fourth-order valence-corrected chi connectivity index (χ4v) is 2.16. The molecule has 0 aliphatic carbocycles. The van der Waals surface area contributed by atoms with E-state index < -0.39 is 0 Å². The molecule has 0 bridgehead atoms. The van der Waals surface area contributed by atoms with Gasteiger partial charge in [0.15, 0.2) is 0 Å². The number of hydrogen-bond donors (Lipinski definition) is 1. The Hall–Kier alpha value is -1.52. The largest absolute Gasteiger partial charge is 0.341 e. The summed E-state index contributed by atoms with van der Waals surface area (Å²) in [6, 6.07) is 5.14. The summed E-state index contributed by atoms with van der Waals surface area (Å²) >= 11 is 11.9. The van der Waals surface area contributed by atoms with Gasteiger partial charge in [0.05, 0.1) is 12.6 Å². The Balaban J connectivity index is 2.00. The number of benzene rings is 1. The standard InChI is InChI=1S/C13H13Cl2N3O/c1-18(8-9-6-16-17-7-9)13(19)4-10-2-3-11(14)5-12(10)15/h2-3,5-7H,4,8H2,1H3,(H,16,17). The van der Waals surface area contributed by atoms with Gasteiger partial charge >= 0.3 is 0 Å². The van der Waals surface area contributed by atoms with Crippen LogP contribution in [0.1, 0.15) is 11.1 Å². The summed E-state index contributed by atoms with van der Waals surface area (Å²) < 4.78 is 0. The summed E-state index contributed by atoms with van der Waals surface area (Å²) in [6.07, 6.45) is 3.71. The van der Waals surface area contributed by atoms with Crippen LogP contribution in [-0.2, 0) is 17.8 Å². The number of nitrogens with one attached hydrogen (secondary N) is 1. The lowest BCUT2D eigenvalue weighted by Crippen LogP contribution is -2.27. The zero-order valence-corrected chi connectivity index (χ0v) is 11.9. The minimum absolute atomic E-state index is 0.00887. The van der Waals surface area contributed by atoms with Gasteiger partial charge in [-0.15, -0.1) is 0 Å². The Morgan fingerprint density at radius 2 is 2.21 bits per heavy atom. The van der Waals surface area contributed by atoms with E-state index in [1.807, 2.05) is 0 Å². The minimum atomic E-state index is -0.00887. The van der Waals surface area contributed by atoms with Crippen LogP contribution in [0.3, 0.4) is 0 Å². The van der Waals surface area contributed by atoms with Crippen LogP contribution in [0.15, 0.2) is 30.6 Å². The van der Waals surface area contributed by atoms with Gasteiger partial charge in [-0.25, -0.2) is 0 Å². The summed E-state index contributed by atoms with van der Waals surface area (Å²) in [6.45, 7) is 0.514. The monoisotopic (exact) mass is 297 g/mol. The van der Waals surface area contributed by atoms with Crippen molar-refractivity contribution in [3.63, 3.8) is 0 Å². The van der Waals surface area contributed by atoms with Crippen LogP contribution in [0.2, 0.25) is 10.0 Å². The van der Waals surface area contributed by atoms with Gasteiger partial charge in [0.1, 0.15) is 0 Å². The molecule has 100 valence electrons. The van der Waals surface area contributed by atoms with Crippen LogP contribution in [0.5, 0.6) is 0 Å². The molecule has 0 aliphatic heterocycles. The maximum absolute atomic E-state index is 12.1. The SMILES string of the molecule is CN(Cc1cn[nH]c1)C(=O)Cc1ccc(Cl)cc1Cl. The molecule has 0 fully saturated rings. The maximum atomic E-state index is 12.1. The normalized spacial score (nSPS) is 10.5. The number of likely N-dealkylation sites (N-methyl/N-ethyl adjacent to an activating group) is 1. The third kappa shape index (κ3) is 3.72. The molecule has 0 saturated heterocycles. The van der Waals surface area contributed by atoms with Crippen molar-refractivity contribution in [1.29, 1.82) is 0 Å². The quantitative estimate of drug-likeness (QED) is 0.943. The fourth-order valence-electron chi connectivity index (χ4n) is 1.69. The van der Waals surface area contributed by atoms with Crippen LogP contribution in [0.4, 0.5) is 0 Å². The number of aromatic nitrogens is 2. The molecule has 6 heteroatoms. The predicted molar refractivity (Wildman–Crippen MR) is 75.2 cm³/mol. The number of rotatable bonds is 4. The summed E-state index contributed by atoms with van der Waals surface area (Å²) in [4.78, 5) is 13.7. The van der Waals surface area contributed by atoms with E-state index in [2.05, 4.69) is 10.2 Å². The van der Waals surface area contributed by atoms with E-state index in [-0.39, 0.29) is 12.3 Å². The first-order valence-electron chi connectivity index (χ1n) is 5.72. The van der Waals surface area contributed by atoms with Crippen molar-refractivity contribution in [1.82, 2.24) is 15.1 Å². The molecular weight excluding hydrogens is 285 g/mol. The Bertz CT molecular complexity index is 569. The van der Waals surface area contributed by atoms with Gasteiger partial charge < -0.3 is 4.90 Å². The number of aromatic amines is 1. The second kappa shape index (κ2) is 6.08. The van der Waals surface area contributed by atoms with E-state index >= 15 is 0 Å². The highest BCUT2D eigenvalue weighted by Gasteiger charge is 2.12. The molecule has 0 unspecified atom stereocenters. The lowest BCUT2D eigenvalue weighted by Gasteiger charge is -2.16. The first-order chi connectivity index (χ1) is 9.06. The molecule has 1 amide bonds. The third-order valence-electron chi connectivity index (χ3n) is 2.76. The summed E-state index contributed by atoms with van der Waals surface area (Å²) in [7, 11) is 1.75. The van der Waals surface area contributed by atoms with Crippen molar-refractivity contribution >= 4 is 29.1 Å². The van der Waals surface area contributed by atoms with Gasteiger partial charge in [0.2, 0.25) is 5.91 Å². The molecule has 0 atom stereocenters. The first kappa shape index (κ1) is 13.9.